The van der Waals surface area contributed by atoms with Crippen molar-refractivity contribution in [2.24, 2.45) is 5.10 Å². The molecule has 146 valence electrons. The summed E-state index contributed by atoms with van der Waals surface area (Å²) in [6.07, 6.45) is 13.1. The normalized spacial score (nSPS) is 11.3. The fraction of sp³-hybridized carbons (Fsp3) is 0.478. The molecule has 2 rings (SSSR count). The van der Waals surface area contributed by atoms with Gasteiger partial charge in [-0.15, -0.1) is 0 Å². The molecule has 0 atom stereocenters. The molecule has 2 aromatic carbocycles. The van der Waals surface area contributed by atoms with Crippen LogP contribution in [0.5, 0.6) is 5.75 Å². The molecule has 0 saturated heterocycles. The second-order valence-electron chi connectivity index (χ2n) is 7.09. The number of amides is 1. The Morgan fingerprint density at radius 3 is 2.37 bits per heavy atom. The minimum atomic E-state index is -0.0751. The number of fused-ring (bicyclic) bond motifs is 1. The van der Waals surface area contributed by atoms with E-state index in [1.54, 1.807) is 6.07 Å². The smallest absolute Gasteiger partial charge is 0.240 e. The number of hydrogen-bond acceptors (Lipinski definition) is 3. The van der Waals surface area contributed by atoms with Crippen LogP contribution in [0.25, 0.3) is 10.8 Å². The van der Waals surface area contributed by atoms with Gasteiger partial charge < -0.3 is 5.11 Å². The van der Waals surface area contributed by atoms with E-state index in [9.17, 15) is 9.90 Å². The van der Waals surface area contributed by atoms with Crippen LogP contribution in [0.3, 0.4) is 0 Å². The number of nitrogens with zero attached hydrogens (tertiary/aromatic N) is 1. The lowest BCUT2D eigenvalue weighted by Crippen LogP contribution is -2.16. The number of hydrogen-bond donors (Lipinski definition) is 2. The number of carbonyl (C=O) groups excluding carboxylic acids is 1. The third-order valence-electron chi connectivity index (χ3n) is 4.84. The predicted molar refractivity (Wildman–Crippen MR) is 113 cm³/mol. The number of phenols is 1. The number of unbranched alkanes of at least 4 members (excludes halogenated alkanes) is 8. The van der Waals surface area contributed by atoms with Gasteiger partial charge >= 0.3 is 0 Å². The lowest BCUT2D eigenvalue weighted by atomic mass is 10.0. The molecular formula is C23H32N2O2. The second-order valence-corrected chi connectivity index (χ2v) is 7.09. The Morgan fingerprint density at radius 1 is 0.963 bits per heavy atom. The van der Waals surface area contributed by atoms with Crippen molar-refractivity contribution in [3.8, 4) is 5.75 Å². The van der Waals surface area contributed by atoms with Crippen molar-refractivity contribution in [1.29, 1.82) is 0 Å². The molecule has 0 aliphatic rings. The van der Waals surface area contributed by atoms with Crippen molar-refractivity contribution in [2.75, 3.05) is 0 Å². The number of benzene rings is 2. The lowest BCUT2D eigenvalue weighted by molar-refractivity contribution is -0.121. The van der Waals surface area contributed by atoms with Gasteiger partial charge in [0.1, 0.15) is 5.75 Å². The first-order valence-corrected chi connectivity index (χ1v) is 10.2. The summed E-state index contributed by atoms with van der Waals surface area (Å²) in [4.78, 5) is 11.9. The molecule has 0 spiro atoms. The lowest BCUT2D eigenvalue weighted by Gasteiger charge is -2.05. The van der Waals surface area contributed by atoms with E-state index in [4.69, 9.17) is 0 Å². The molecule has 0 aromatic heterocycles. The monoisotopic (exact) mass is 368 g/mol. The zero-order valence-corrected chi connectivity index (χ0v) is 16.4. The van der Waals surface area contributed by atoms with Crippen LogP contribution in [0.2, 0.25) is 0 Å². The molecule has 0 fully saturated rings. The maximum Gasteiger partial charge on any atom is 0.240 e. The van der Waals surface area contributed by atoms with E-state index in [1.165, 1.54) is 51.2 Å². The summed E-state index contributed by atoms with van der Waals surface area (Å²) in [6, 6.07) is 11.3. The number of carbonyl (C=O) groups is 1. The van der Waals surface area contributed by atoms with Gasteiger partial charge in [-0.2, -0.15) is 5.10 Å². The second kappa shape index (κ2) is 12.1. The number of rotatable bonds is 12. The van der Waals surface area contributed by atoms with E-state index in [1.807, 2.05) is 30.3 Å². The molecule has 0 aliphatic heterocycles. The molecule has 0 radical (unpaired) electrons. The van der Waals surface area contributed by atoms with E-state index in [2.05, 4.69) is 17.5 Å². The fourth-order valence-electron chi connectivity index (χ4n) is 3.24. The van der Waals surface area contributed by atoms with Gasteiger partial charge in [0.2, 0.25) is 5.91 Å². The minimum absolute atomic E-state index is 0.0751. The van der Waals surface area contributed by atoms with Gasteiger partial charge in [-0.25, -0.2) is 5.43 Å². The Labute approximate surface area is 162 Å². The fourth-order valence-corrected chi connectivity index (χ4v) is 3.24. The van der Waals surface area contributed by atoms with Crippen molar-refractivity contribution in [1.82, 2.24) is 5.43 Å². The zero-order valence-electron chi connectivity index (χ0n) is 16.4. The maximum atomic E-state index is 11.9. The van der Waals surface area contributed by atoms with Crippen LogP contribution in [-0.2, 0) is 4.79 Å². The van der Waals surface area contributed by atoms with E-state index in [-0.39, 0.29) is 11.7 Å². The van der Waals surface area contributed by atoms with Gasteiger partial charge in [0, 0.05) is 12.0 Å². The van der Waals surface area contributed by atoms with Gasteiger partial charge in [0.15, 0.2) is 0 Å². The molecule has 0 aliphatic carbocycles. The van der Waals surface area contributed by atoms with Crippen molar-refractivity contribution < 1.29 is 9.90 Å². The van der Waals surface area contributed by atoms with Gasteiger partial charge in [-0.3, -0.25) is 4.79 Å². The van der Waals surface area contributed by atoms with Crippen molar-refractivity contribution in [3.63, 3.8) is 0 Å². The molecule has 1 amide bonds. The van der Waals surface area contributed by atoms with Gasteiger partial charge in [0.25, 0.3) is 0 Å². The van der Waals surface area contributed by atoms with Gasteiger partial charge in [0.05, 0.1) is 6.21 Å². The highest BCUT2D eigenvalue weighted by Crippen LogP contribution is 2.25. The summed E-state index contributed by atoms with van der Waals surface area (Å²) in [7, 11) is 0. The van der Waals surface area contributed by atoms with Crippen LogP contribution in [0.4, 0.5) is 0 Å². The summed E-state index contributed by atoms with van der Waals surface area (Å²) in [6.45, 7) is 2.24. The molecule has 2 N–H and O–H groups in total. The third-order valence-corrected chi connectivity index (χ3v) is 4.84. The molecule has 4 heteroatoms. The molecule has 0 unspecified atom stereocenters. The molecule has 0 heterocycles. The number of aromatic hydroxyl groups is 1. The first-order chi connectivity index (χ1) is 13.2. The molecule has 2 aromatic rings. The van der Waals surface area contributed by atoms with E-state index >= 15 is 0 Å². The van der Waals surface area contributed by atoms with Crippen molar-refractivity contribution in [2.45, 2.75) is 71.1 Å². The first-order valence-electron chi connectivity index (χ1n) is 10.2. The Kier molecular flexibility index (Phi) is 9.39. The van der Waals surface area contributed by atoms with Gasteiger partial charge in [-0.1, -0.05) is 88.6 Å². The molecule has 27 heavy (non-hydrogen) atoms. The van der Waals surface area contributed by atoms with E-state index < -0.39 is 0 Å². The van der Waals surface area contributed by atoms with Crippen molar-refractivity contribution >= 4 is 22.9 Å². The quantitative estimate of drug-likeness (QED) is 0.278. The van der Waals surface area contributed by atoms with Crippen molar-refractivity contribution in [3.05, 3.63) is 42.0 Å². The summed E-state index contributed by atoms with van der Waals surface area (Å²) in [5, 5.41) is 16.0. The number of nitrogens with one attached hydrogen (secondary N) is 1. The third kappa shape index (κ3) is 7.41. The Balaban J connectivity index is 1.67. The Morgan fingerprint density at radius 2 is 1.63 bits per heavy atom. The first kappa shape index (κ1) is 20.9. The maximum absolute atomic E-state index is 11.9. The van der Waals surface area contributed by atoms with Crippen LogP contribution in [0, 0.1) is 0 Å². The van der Waals surface area contributed by atoms with Crippen LogP contribution >= 0.6 is 0 Å². The summed E-state index contributed by atoms with van der Waals surface area (Å²) in [5.41, 5.74) is 3.19. The highest BCUT2D eigenvalue weighted by molar-refractivity contribution is 6.02. The molecule has 4 nitrogen and oxygen atoms in total. The Bertz CT molecular complexity index is 740. The summed E-state index contributed by atoms with van der Waals surface area (Å²) in [5.74, 6) is 0.0829. The number of hydrazone groups is 1. The van der Waals surface area contributed by atoms with E-state index in [0.717, 1.165) is 23.6 Å². The van der Waals surface area contributed by atoms with Gasteiger partial charge in [-0.05, 0) is 23.3 Å². The van der Waals surface area contributed by atoms with E-state index in [0.29, 0.717) is 12.0 Å². The van der Waals surface area contributed by atoms with Crippen LogP contribution in [0.1, 0.15) is 76.7 Å². The SMILES string of the molecule is CCCCCCCCCCCC(=O)NN=Cc1c(O)ccc2ccccc12. The molecular weight excluding hydrogens is 336 g/mol. The predicted octanol–water partition coefficient (Wildman–Crippen LogP) is 5.92. The average Bonchev–Trinajstić information content (AvgIpc) is 2.68. The van der Waals surface area contributed by atoms with Crippen LogP contribution in [0.15, 0.2) is 41.5 Å². The minimum Gasteiger partial charge on any atom is -0.507 e. The summed E-state index contributed by atoms with van der Waals surface area (Å²) < 4.78 is 0. The topological polar surface area (TPSA) is 61.7 Å². The largest absolute Gasteiger partial charge is 0.507 e. The number of phenolic OH excluding ortho intramolecular Hbond substituents is 1. The molecule has 0 bridgehead atoms. The highest BCUT2D eigenvalue weighted by Gasteiger charge is 2.05. The summed E-state index contributed by atoms with van der Waals surface area (Å²) >= 11 is 0. The standard InChI is InChI=1S/C23H32N2O2/c1-2-3-4-5-6-7-8-9-10-15-23(27)25-24-18-21-20-14-12-11-13-19(20)16-17-22(21)26/h11-14,16-18,26H,2-10,15H2,1H3,(H,25,27). The average molecular weight is 369 g/mol. The van der Waals surface area contributed by atoms with Crippen LogP contribution < -0.4 is 5.43 Å². The molecule has 0 saturated carbocycles. The Hall–Kier alpha value is -2.36. The van der Waals surface area contributed by atoms with Crippen LogP contribution in [-0.4, -0.2) is 17.2 Å². The zero-order chi connectivity index (χ0) is 19.3. The highest BCUT2D eigenvalue weighted by atomic mass is 16.3.